The lowest BCUT2D eigenvalue weighted by Gasteiger charge is -2.17. The highest BCUT2D eigenvalue weighted by Crippen LogP contribution is 2.34. The maximum absolute atomic E-state index is 12.7. The van der Waals surface area contributed by atoms with Crippen LogP contribution in [0.4, 0.5) is 0 Å². The van der Waals surface area contributed by atoms with Gasteiger partial charge in [-0.3, -0.25) is 9.48 Å². The first kappa shape index (κ1) is 14.0. The van der Waals surface area contributed by atoms with Crippen molar-refractivity contribution in [3.8, 4) is 17.0 Å². The van der Waals surface area contributed by atoms with Crippen LogP contribution in [-0.4, -0.2) is 14.5 Å². The van der Waals surface area contributed by atoms with Crippen molar-refractivity contribution in [2.75, 3.05) is 0 Å². The summed E-state index contributed by atoms with van der Waals surface area (Å²) < 4.78 is 3.42. The fourth-order valence-electron chi connectivity index (χ4n) is 3.46. The molecule has 0 radical (unpaired) electrons. The molecule has 0 saturated carbocycles. The second kappa shape index (κ2) is 5.10. The molecule has 2 aromatic rings. The molecule has 0 unspecified atom stereocenters. The molecular formula is C17H22N2O2. The van der Waals surface area contributed by atoms with E-state index in [0.717, 1.165) is 36.0 Å². The van der Waals surface area contributed by atoms with Crippen LogP contribution in [0, 0.1) is 13.8 Å². The van der Waals surface area contributed by atoms with Crippen LogP contribution in [0.5, 0.6) is 5.88 Å². The Labute approximate surface area is 124 Å². The maximum atomic E-state index is 12.7. The van der Waals surface area contributed by atoms with Gasteiger partial charge in [-0.2, -0.15) is 0 Å². The zero-order valence-corrected chi connectivity index (χ0v) is 12.9. The number of rotatable bonds is 2. The average molecular weight is 286 g/mol. The van der Waals surface area contributed by atoms with Crippen LogP contribution in [0.25, 0.3) is 11.1 Å². The summed E-state index contributed by atoms with van der Waals surface area (Å²) in [5.74, 6) is 0.126. The molecule has 0 amide bonds. The molecule has 1 aromatic heterocycles. The lowest BCUT2D eigenvalue weighted by atomic mass is 9.93. The standard InChI is InChI=1S/C17H22N2O2/c1-4-13-10-11(2)9-12(3)14(13)15-16(20)18-7-5-6-8-19(18)17(15)21/h9-10,20H,4-8H2,1-3H3. The Morgan fingerprint density at radius 2 is 1.76 bits per heavy atom. The van der Waals surface area contributed by atoms with Gasteiger partial charge in [0.2, 0.25) is 5.88 Å². The second-order valence-electron chi connectivity index (χ2n) is 5.93. The first-order valence-electron chi connectivity index (χ1n) is 7.67. The molecule has 1 aliphatic heterocycles. The third kappa shape index (κ3) is 2.09. The van der Waals surface area contributed by atoms with E-state index < -0.39 is 0 Å². The number of aryl methyl sites for hydroxylation is 3. The molecule has 1 aliphatic rings. The lowest BCUT2D eigenvalue weighted by molar-refractivity contribution is 0.305. The molecule has 21 heavy (non-hydrogen) atoms. The molecule has 4 heteroatoms. The monoisotopic (exact) mass is 286 g/mol. The summed E-state index contributed by atoms with van der Waals surface area (Å²) >= 11 is 0. The average Bonchev–Trinajstić information content (AvgIpc) is 2.71. The second-order valence-corrected chi connectivity index (χ2v) is 5.93. The molecule has 0 saturated heterocycles. The van der Waals surface area contributed by atoms with E-state index in [0.29, 0.717) is 18.7 Å². The van der Waals surface area contributed by atoms with E-state index >= 15 is 0 Å². The number of fused-ring (bicyclic) bond motifs is 1. The molecular weight excluding hydrogens is 264 g/mol. The fourth-order valence-corrected chi connectivity index (χ4v) is 3.46. The van der Waals surface area contributed by atoms with Crippen molar-refractivity contribution in [3.63, 3.8) is 0 Å². The molecule has 112 valence electrons. The largest absolute Gasteiger partial charge is 0.493 e. The van der Waals surface area contributed by atoms with Gasteiger partial charge in [-0.25, -0.2) is 4.68 Å². The zero-order valence-electron chi connectivity index (χ0n) is 12.9. The Bertz CT molecular complexity index is 753. The summed E-state index contributed by atoms with van der Waals surface area (Å²) in [6.45, 7) is 7.57. The minimum atomic E-state index is -0.0612. The number of aromatic hydroxyl groups is 1. The highest BCUT2D eigenvalue weighted by atomic mass is 16.3. The Balaban J connectivity index is 2.32. The number of benzene rings is 1. The third-order valence-electron chi connectivity index (χ3n) is 4.39. The van der Waals surface area contributed by atoms with Gasteiger partial charge in [0.1, 0.15) is 5.56 Å². The normalized spacial score (nSPS) is 14.2. The first-order valence-corrected chi connectivity index (χ1v) is 7.67. The van der Waals surface area contributed by atoms with Crippen LogP contribution in [0.15, 0.2) is 16.9 Å². The third-order valence-corrected chi connectivity index (χ3v) is 4.39. The van der Waals surface area contributed by atoms with Gasteiger partial charge in [0.25, 0.3) is 5.56 Å². The smallest absolute Gasteiger partial charge is 0.278 e. The van der Waals surface area contributed by atoms with Crippen LogP contribution in [0.1, 0.15) is 36.5 Å². The summed E-state index contributed by atoms with van der Waals surface area (Å²) in [6, 6.07) is 4.19. The van der Waals surface area contributed by atoms with Crippen molar-refractivity contribution in [1.82, 2.24) is 9.36 Å². The molecule has 4 nitrogen and oxygen atoms in total. The lowest BCUT2D eigenvalue weighted by Crippen LogP contribution is -2.27. The Morgan fingerprint density at radius 3 is 2.38 bits per heavy atom. The number of nitrogens with zero attached hydrogens (tertiary/aromatic N) is 2. The predicted molar refractivity (Wildman–Crippen MR) is 83.9 cm³/mol. The molecule has 0 fully saturated rings. The van der Waals surface area contributed by atoms with Crippen LogP contribution >= 0.6 is 0 Å². The zero-order chi connectivity index (χ0) is 15.1. The van der Waals surface area contributed by atoms with Gasteiger partial charge in [-0.1, -0.05) is 24.6 Å². The fraction of sp³-hybridized carbons (Fsp3) is 0.471. The van der Waals surface area contributed by atoms with Gasteiger partial charge in [0.05, 0.1) is 0 Å². The Kier molecular flexibility index (Phi) is 3.40. The van der Waals surface area contributed by atoms with Gasteiger partial charge >= 0.3 is 0 Å². The van der Waals surface area contributed by atoms with E-state index in [1.54, 1.807) is 9.36 Å². The van der Waals surface area contributed by atoms with Gasteiger partial charge in [0, 0.05) is 13.1 Å². The molecule has 3 rings (SSSR count). The van der Waals surface area contributed by atoms with Crippen LogP contribution < -0.4 is 5.56 Å². The molecule has 0 spiro atoms. The van der Waals surface area contributed by atoms with E-state index in [1.165, 1.54) is 5.56 Å². The van der Waals surface area contributed by atoms with Crippen LogP contribution in [0.2, 0.25) is 0 Å². The van der Waals surface area contributed by atoms with Crippen molar-refractivity contribution in [2.24, 2.45) is 0 Å². The molecule has 1 N–H and O–H groups in total. The van der Waals surface area contributed by atoms with E-state index in [4.69, 9.17) is 0 Å². The van der Waals surface area contributed by atoms with Crippen LogP contribution in [-0.2, 0) is 19.5 Å². The van der Waals surface area contributed by atoms with Gasteiger partial charge in [-0.05, 0) is 49.8 Å². The summed E-state index contributed by atoms with van der Waals surface area (Å²) in [5, 5.41) is 10.6. The summed E-state index contributed by atoms with van der Waals surface area (Å²) in [6.07, 6.45) is 2.85. The van der Waals surface area contributed by atoms with Crippen molar-refractivity contribution >= 4 is 0 Å². The molecule has 0 bridgehead atoms. The van der Waals surface area contributed by atoms with E-state index in [9.17, 15) is 9.90 Å². The minimum absolute atomic E-state index is 0.0612. The van der Waals surface area contributed by atoms with Gasteiger partial charge in [0.15, 0.2) is 0 Å². The summed E-state index contributed by atoms with van der Waals surface area (Å²) in [4.78, 5) is 12.7. The highest BCUT2D eigenvalue weighted by Gasteiger charge is 2.25. The van der Waals surface area contributed by atoms with Gasteiger partial charge < -0.3 is 5.11 Å². The van der Waals surface area contributed by atoms with Crippen molar-refractivity contribution < 1.29 is 5.11 Å². The summed E-state index contributed by atoms with van der Waals surface area (Å²) in [7, 11) is 0. The molecule has 0 atom stereocenters. The number of hydrogen-bond acceptors (Lipinski definition) is 2. The molecule has 0 aliphatic carbocycles. The van der Waals surface area contributed by atoms with Crippen LogP contribution in [0.3, 0.4) is 0 Å². The van der Waals surface area contributed by atoms with E-state index in [-0.39, 0.29) is 11.4 Å². The number of hydrogen-bond donors (Lipinski definition) is 1. The SMILES string of the molecule is CCc1cc(C)cc(C)c1-c1c(O)n2n(c1=O)CCCC2. The van der Waals surface area contributed by atoms with Crippen molar-refractivity contribution in [2.45, 2.75) is 53.1 Å². The number of aromatic nitrogens is 2. The molecule has 2 heterocycles. The van der Waals surface area contributed by atoms with Crippen molar-refractivity contribution in [3.05, 3.63) is 39.2 Å². The summed E-state index contributed by atoms with van der Waals surface area (Å²) in [5.41, 5.74) is 4.71. The van der Waals surface area contributed by atoms with E-state index in [1.807, 2.05) is 6.92 Å². The van der Waals surface area contributed by atoms with Crippen molar-refractivity contribution in [1.29, 1.82) is 0 Å². The van der Waals surface area contributed by atoms with E-state index in [2.05, 4.69) is 26.0 Å². The Hall–Kier alpha value is -1.97. The maximum Gasteiger partial charge on any atom is 0.278 e. The first-order chi connectivity index (χ1) is 10.0. The highest BCUT2D eigenvalue weighted by molar-refractivity contribution is 5.75. The minimum Gasteiger partial charge on any atom is -0.493 e. The van der Waals surface area contributed by atoms with Gasteiger partial charge in [-0.15, -0.1) is 0 Å². The molecule has 1 aromatic carbocycles. The topological polar surface area (TPSA) is 47.2 Å². The predicted octanol–water partition coefficient (Wildman–Crippen LogP) is 3.00. The quantitative estimate of drug-likeness (QED) is 0.922. The Morgan fingerprint density at radius 1 is 1.10 bits per heavy atom.